The molecule has 118 valence electrons. The third kappa shape index (κ3) is 4.36. The Balaban J connectivity index is 2.06. The number of aromatic nitrogens is 1. The van der Waals surface area contributed by atoms with Crippen molar-refractivity contribution in [3.8, 4) is 0 Å². The summed E-state index contributed by atoms with van der Waals surface area (Å²) >= 11 is 3.56. The zero-order valence-electron chi connectivity index (χ0n) is 13.0. The first-order chi connectivity index (χ1) is 10.2. The predicted molar refractivity (Wildman–Crippen MR) is 90.5 cm³/mol. The number of esters is 1. The molecular formula is C15H24N2O2S2. The molecule has 2 atom stereocenters. The van der Waals surface area contributed by atoms with E-state index in [-0.39, 0.29) is 11.9 Å². The molecule has 0 radical (unpaired) electrons. The number of carbonyl (C=O) groups is 1. The topological polar surface area (TPSA) is 51.2 Å². The number of fused-ring (bicyclic) bond motifs is 1. The van der Waals surface area contributed by atoms with E-state index in [2.05, 4.69) is 23.5 Å². The van der Waals surface area contributed by atoms with Crippen molar-refractivity contribution in [2.75, 3.05) is 23.9 Å². The lowest BCUT2D eigenvalue weighted by Crippen LogP contribution is -2.20. The van der Waals surface area contributed by atoms with E-state index in [4.69, 9.17) is 4.74 Å². The molecule has 0 fully saturated rings. The van der Waals surface area contributed by atoms with Gasteiger partial charge < -0.3 is 10.1 Å². The van der Waals surface area contributed by atoms with Crippen molar-refractivity contribution < 1.29 is 9.53 Å². The first-order valence-electron chi connectivity index (χ1n) is 7.57. The van der Waals surface area contributed by atoms with Gasteiger partial charge in [-0.1, -0.05) is 0 Å². The highest BCUT2D eigenvalue weighted by atomic mass is 32.2. The fraction of sp³-hybridized carbons (Fsp3) is 0.733. The summed E-state index contributed by atoms with van der Waals surface area (Å²) in [5, 5.41) is 4.42. The molecule has 1 N–H and O–H groups in total. The Labute approximate surface area is 135 Å². The van der Waals surface area contributed by atoms with Crippen LogP contribution in [0, 0.1) is 0 Å². The summed E-state index contributed by atoms with van der Waals surface area (Å²) in [5.41, 5.74) is 0.948. The molecule has 2 unspecified atom stereocenters. The van der Waals surface area contributed by atoms with Crippen LogP contribution in [0.4, 0.5) is 5.13 Å². The van der Waals surface area contributed by atoms with Crippen LogP contribution in [0.1, 0.15) is 49.6 Å². The molecule has 2 rings (SSSR count). The Kier molecular flexibility index (Phi) is 6.36. The molecule has 1 aromatic rings. The standard InChI is InChI=1S/C15H24N2O2S2/c1-4-19-14(18)11-6-5-7-12-13(11)17-15(21-12)16-10(2)8-9-20-3/h10-11H,4-9H2,1-3H3,(H,16,17). The molecule has 4 nitrogen and oxygen atoms in total. The van der Waals surface area contributed by atoms with E-state index < -0.39 is 0 Å². The lowest BCUT2D eigenvalue weighted by atomic mass is 9.91. The summed E-state index contributed by atoms with van der Waals surface area (Å²) in [5.74, 6) is 0.859. The van der Waals surface area contributed by atoms with E-state index in [0.29, 0.717) is 12.6 Å². The van der Waals surface area contributed by atoms with Crippen LogP contribution in [-0.4, -0.2) is 35.6 Å². The summed E-state index contributed by atoms with van der Waals surface area (Å²) in [7, 11) is 0. The lowest BCUT2D eigenvalue weighted by Gasteiger charge is -2.19. The third-order valence-corrected chi connectivity index (χ3v) is 5.36. The van der Waals surface area contributed by atoms with E-state index in [1.807, 2.05) is 18.7 Å². The fourth-order valence-electron chi connectivity index (χ4n) is 2.53. The van der Waals surface area contributed by atoms with Crippen LogP contribution >= 0.6 is 23.1 Å². The summed E-state index contributed by atoms with van der Waals surface area (Å²) in [6.07, 6.45) is 6.17. The van der Waals surface area contributed by atoms with Gasteiger partial charge in [0.15, 0.2) is 5.13 Å². The Morgan fingerprint density at radius 3 is 3.14 bits per heavy atom. The SMILES string of the molecule is CCOC(=O)C1CCCc2sc(NC(C)CCSC)nc21. The third-order valence-electron chi connectivity index (χ3n) is 3.65. The molecular weight excluding hydrogens is 304 g/mol. The molecule has 1 aliphatic rings. The van der Waals surface area contributed by atoms with Gasteiger partial charge in [0, 0.05) is 10.9 Å². The number of ether oxygens (including phenoxy) is 1. The zero-order chi connectivity index (χ0) is 15.2. The number of hydrogen-bond acceptors (Lipinski definition) is 6. The largest absolute Gasteiger partial charge is 0.465 e. The first-order valence-corrected chi connectivity index (χ1v) is 9.78. The van der Waals surface area contributed by atoms with Crippen molar-refractivity contribution in [2.24, 2.45) is 0 Å². The van der Waals surface area contributed by atoms with Gasteiger partial charge in [0.1, 0.15) is 5.92 Å². The van der Waals surface area contributed by atoms with Crippen LogP contribution in [0.2, 0.25) is 0 Å². The van der Waals surface area contributed by atoms with Gasteiger partial charge in [0.2, 0.25) is 0 Å². The highest BCUT2D eigenvalue weighted by molar-refractivity contribution is 7.98. The van der Waals surface area contributed by atoms with Crippen molar-refractivity contribution >= 4 is 34.2 Å². The number of rotatable bonds is 7. The van der Waals surface area contributed by atoms with Gasteiger partial charge >= 0.3 is 5.97 Å². The fourth-order valence-corrected chi connectivity index (χ4v) is 4.30. The second-order valence-corrected chi connectivity index (χ2v) is 7.42. The Hall–Kier alpha value is -0.750. The normalized spacial score (nSPS) is 18.9. The molecule has 0 bridgehead atoms. The van der Waals surface area contributed by atoms with Crippen LogP contribution in [0.25, 0.3) is 0 Å². The van der Waals surface area contributed by atoms with E-state index in [9.17, 15) is 4.79 Å². The maximum atomic E-state index is 12.1. The molecule has 0 amide bonds. The van der Waals surface area contributed by atoms with Gasteiger partial charge in [-0.2, -0.15) is 11.8 Å². The molecule has 6 heteroatoms. The van der Waals surface area contributed by atoms with E-state index >= 15 is 0 Å². The van der Waals surface area contributed by atoms with Gasteiger partial charge in [-0.15, -0.1) is 11.3 Å². The first kappa shape index (κ1) is 16.6. The Bertz CT molecular complexity index is 476. The van der Waals surface area contributed by atoms with Crippen molar-refractivity contribution in [1.82, 2.24) is 4.98 Å². The highest BCUT2D eigenvalue weighted by Gasteiger charge is 2.31. The lowest BCUT2D eigenvalue weighted by molar-refractivity contribution is -0.145. The molecule has 0 spiro atoms. The quantitative estimate of drug-likeness (QED) is 0.774. The summed E-state index contributed by atoms with van der Waals surface area (Å²) in [6.45, 7) is 4.47. The minimum atomic E-state index is -0.165. The smallest absolute Gasteiger partial charge is 0.315 e. The number of carbonyl (C=O) groups excluding carboxylic acids is 1. The predicted octanol–water partition coefficient (Wildman–Crippen LogP) is 3.68. The molecule has 1 heterocycles. The van der Waals surface area contributed by atoms with E-state index in [0.717, 1.165) is 42.3 Å². The molecule has 21 heavy (non-hydrogen) atoms. The number of thioether (sulfide) groups is 1. The Morgan fingerprint density at radius 1 is 1.62 bits per heavy atom. The zero-order valence-corrected chi connectivity index (χ0v) is 14.6. The van der Waals surface area contributed by atoms with Gasteiger partial charge in [0.05, 0.1) is 12.3 Å². The van der Waals surface area contributed by atoms with Gasteiger partial charge in [-0.3, -0.25) is 4.79 Å². The minimum absolute atomic E-state index is 0.120. The van der Waals surface area contributed by atoms with Crippen LogP contribution in [0.3, 0.4) is 0 Å². The minimum Gasteiger partial charge on any atom is -0.465 e. The molecule has 1 aliphatic carbocycles. The molecule has 0 saturated carbocycles. The maximum Gasteiger partial charge on any atom is 0.315 e. The number of nitrogens with zero attached hydrogens (tertiary/aromatic N) is 1. The molecule has 0 aromatic carbocycles. The monoisotopic (exact) mass is 328 g/mol. The summed E-state index contributed by atoms with van der Waals surface area (Å²) in [4.78, 5) is 18.0. The number of anilines is 1. The van der Waals surface area contributed by atoms with Gasteiger partial charge in [-0.25, -0.2) is 4.98 Å². The van der Waals surface area contributed by atoms with Crippen LogP contribution in [-0.2, 0) is 16.0 Å². The number of hydrogen-bond donors (Lipinski definition) is 1. The summed E-state index contributed by atoms with van der Waals surface area (Å²) in [6, 6.07) is 0.408. The van der Waals surface area contributed by atoms with E-state index in [1.165, 1.54) is 4.88 Å². The number of thiazole rings is 1. The molecule has 1 aromatic heterocycles. The van der Waals surface area contributed by atoms with Crippen LogP contribution < -0.4 is 5.32 Å². The van der Waals surface area contributed by atoms with Crippen LogP contribution in [0.5, 0.6) is 0 Å². The number of aryl methyl sites for hydroxylation is 1. The second kappa shape index (κ2) is 8.03. The van der Waals surface area contributed by atoms with Gasteiger partial charge in [-0.05, 0) is 51.5 Å². The van der Waals surface area contributed by atoms with E-state index in [1.54, 1.807) is 11.3 Å². The molecule has 0 aliphatic heterocycles. The van der Waals surface area contributed by atoms with Crippen molar-refractivity contribution in [3.05, 3.63) is 10.6 Å². The van der Waals surface area contributed by atoms with Crippen molar-refractivity contribution in [2.45, 2.75) is 51.5 Å². The number of nitrogens with one attached hydrogen (secondary N) is 1. The van der Waals surface area contributed by atoms with Gasteiger partial charge in [0.25, 0.3) is 0 Å². The summed E-state index contributed by atoms with van der Waals surface area (Å²) < 4.78 is 5.18. The highest BCUT2D eigenvalue weighted by Crippen LogP contribution is 2.37. The van der Waals surface area contributed by atoms with Crippen molar-refractivity contribution in [1.29, 1.82) is 0 Å². The Morgan fingerprint density at radius 2 is 2.43 bits per heavy atom. The van der Waals surface area contributed by atoms with Crippen LogP contribution in [0.15, 0.2) is 0 Å². The maximum absolute atomic E-state index is 12.1. The van der Waals surface area contributed by atoms with Crippen molar-refractivity contribution in [3.63, 3.8) is 0 Å². The average Bonchev–Trinajstić information content (AvgIpc) is 2.87. The average molecular weight is 329 g/mol. The second-order valence-electron chi connectivity index (χ2n) is 5.35. The molecule has 0 saturated heterocycles.